The van der Waals surface area contributed by atoms with Gasteiger partial charge in [-0.2, -0.15) is 0 Å². The second kappa shape index (κ2) is 3.93. The molecule has 0 aromatic heterocycles. The van der Waals surface area contributed by atoms with E-state index < -0.39 is 0 Å². The molecule has 1 amide bonds. The Morgan fingerprint density at radius 3 is 3.00 bits per heavy atom. The summed E-state index contributed by atoms with van der Waals surface area (Å²) in [5, 5.41) is 0. The van der Waals surface area contributed by atoms with E-state index in [1.54, 1.807) is 4.90 Å². The van der Waals surface area contributed by atoms with E-state index in [1.165, 1.54) is 5.56 Å². The highest BCUT2D eigenvalue weighted by molar-refractivity contribution is 5.91. The van der Waals surface area contributed by atoms with Crippen molar-refractivity contribution in [2.45, 2.75) is 26.3 Å². The van der Waals surface area contributed by atoms with E-state index >= 15 is 0 Å². The Bertz CT molecular complexity index is 376. The molecule has 0 spiro atoms. The monoisotopic (exact) mass is 205 g/mol. The number of amides is 1. The number of rotatable bonds is 1. The molecule has 0 N–H and O–H groups in total. The molecule has 0 bridgehead atoms. The van der Waals surface area contributed by atoms with E-state index in [4.69, 9.17) is 4.74 Å². The van der Waals surface area contributed by atoms with Crippen LogP contribution in [0.4, 0.5) is 10.5 Å². The van der Waals surface area contributed by atoms with Gasteiger partial charge in [-0.25, -0.2) is 4.79 Å². The lowest BCUT2D eigenvalue weighted by Crippen LogP contribution is -2.36. The molecule has 1 heterocycles. The van der Waals surface area contributed by atoms with Gasteiger partial charge in [-0.1, -0.05) is 18.2 Å². The summed E-state index contributed by atoms with van der Waals surface area (Å²) < 4.78 is 5.04. The molecule has 1 aromatic rings. The van der Waals surface area contributed by atoms with Crippen LogP contribution in [0, 0.1) is 0 Å². The summed E-state index contributed by atoms with van der Waals surface area (Å²) in [7, 11) is 0. The van der Waals surface area contributed by atoms with Gasteiger partial charge in [-0.3, -0.25) is 4.90 Å². The average molecular weight is 205 g/mol. The molecule has 3 nitrogen and oxygen atoms in total. The summed E-state index contributed by atoms with van der Waals surface area (Å²) in [6.45, 7) is 4.28. The summed E-state index contributed by atoms with van der Waals surface area (Å²) in [5.74, 6) is 0. The fourth-order valence-corrected chi connectivity index (χ4v) is 2.04. The molecule has 3 heteroatoms. The van der Waals surface area contributed by atoms with Crippen molar-refractivity contribution in [3.8, 4) is 0 Å². The van der Waals surface area contributed by atoms with Crippen LogP contribution < -0.4 is 4.90 Å². The molecule has 1 aliphatic heterocycles. The highest BCUT2D eigenvalue weighted by Crippen LogP contribution is 2.32. The van der Waals surface area contributed by atoms with Crippen molar-refractivity contribution in [1.82, 2.24) is 0 Å². The minimum Gasteiger partial charge on any atom is -0.449 e. The van der Waals surface area contributed by atoms with Crippen LogP contribution in [0.3, 0.4) is 0 Å². The molecule has 80 valence electrons. The molecular formula is C12H15NO2. The lowest BCUT2D eigenvalue weighted by atomic mass is 10.1. The van der Waals surface area contributed by atoms with Crippen molar-refractivity contribution in [2.75, 3.05) is 11.5 Å². The van der Waals surface area contributed by atoms with E-state index in [1.807, 2.05) is 32.0 Å². The number of hydrogen-bond donors (Lipinski definition) is 0. The maximum atomic E-state index is 11.7. The highest BCUT2D eigenvalue weighted by Gasteiger charge is 2.31. The van der Waals surface area contributed by atoms with E-state index in [0.717, 1.165) is 12.1 Å². The SMILES string of the molecule is CCOC(=O)N1c2ccccc2C[C@@H]1C. The molecule has 0 saturated heterocycles. The second-order valence-corrected chi connectivity index (χ2v) is 3.75. The molecule has 0 saturated carbocycles. The van der Waals surface area contributed by atoms with Gasteiger partial charge < -0.3 is 4.74 Å². The van der Waals surface area contributed by atoms with Crippen LogP contribution in [0.25, 0.3) is 0 Å². The van der Waals surface area contributed by atoms with Crippen LogP contribution in [0.15, 0.2) is 24.3 Å². The zero-order chi connectivity index (χ0) is 10.8. The predicted molar refractivity (Wildman–Crippen MR) is 59.1 cm³/mol. The Morgan fingerprint density at radius 1 is 1.53 bits per heavy atom. The zero-order valence-electron chi connectivity index (χ0n) is 9.06. The maximum Gasteiger partial charge on any atom is 0.414 e. The summed E-state index contributed by atoms with van der Waals surface area (Å²) in [6, 6.07) is 8.17. The van der Waals surface area contributed by atoms with Crippen LogP contribution in [-0.4, -0.2) is 18.7 Å². The van der Waals surface area contributed by atoms with Crippen molar-refractivity contribution in [1.29, 1.82) is 0 Å². The fraction of sp³-hybridized carbons (Fsp3) is 0.417. The van der Waals surface area contributed by atoms with Gasteiger partial charge in [-0.05, 0) is 31.9 Å². The summed E-state index contributed by atoms with van der Waals surface area (Å²) >= 11 is 0. The van der Waals surface area contributed by atoms with Crippen molar-refractivity contribution in [3.63, 3.8) is 0 Å². The van der Waals surface area contributed by atoms with Crippen LogP contribution in [0.2, 0.25) is 0 Å². The summed E-state index contributed by atoms with van der Waals surface area (Å²) in [4.78, 5) is 13.5. The lowest BCUT2D eigenvalue weighted by molar-refractivity contribution is 0.158. The van der Waals surface area contributed by atoms with Crippen molar-refractivity contribution >= 4 is 11.8 Å². The van der Waals surface area contributed by atoms with Gasteiger partial charge >= 0.3 is 6.09 Å². The predicted octanol–water partition coefficient (Wildman–Crippen LogP) is 2.59. The molecule has 0 unspecified atom stereocenters. The largest absolute Gasteiger partial charge is 0.449 e. The third-order valence-electron chi connectivity index (χ3n) is 2.67. The number of hydrogen-bond acceptors (Lipinski definition) is 2. The van der Waals surface area contributed by atoms with E-state index in [9.17, 15) is 4.79 Å². The molecular weight excluding hydrogens is 190 g/mol. The Morgan fingerprint density at radius 2 is 2.27 bits per heavy atom. The van der Waals surface area contributed by atoms with Gasteiger partial charge in [0, 0.05) is 6.04 Å². The molecule has 2 rings (SSSR count). The first kappa shape index (κ1) is 10.0. The Hall–Kier alpha value is -1.51. The smallest absolute Gasteiger partial charge is 0.414 e. The highest BCUT2D eigenvalue weighted by atomic mass is 16.6. The number of anilines is 1. The maximum absolute atomic E-state index is 11.7. The number of ether oxygens (including phenoxy) is 1. The Balaban J connectivity index is 2.29. The first-order chi connectivity index (χ1) is 7.24. The molecule has 0 fully saturated rings. The van der Waals surface area contributed by atoms with Crippen molar-refractivity contribution in [3.05, 3.63) is 29.8 Å². The third-order valence-corrected chi connectivity index (χ3v) is 2.67. The third kappa shape index (κ3) is 1.69. The first-order valence-corrected chi connectivity index (χ1v) is 5.28. The number of fused-ring (bicyclic) bond motifs is 1. The van der Waals surface area contributed by atoms with Crippen LogP contribution >= 0.6 is 0 Å². The number of para-hydroxylation sites is 1. The van der Waals surface area contributed by atoms with Gasteiger partial charge in [0.15, 0.2) is 0 Å². The van der Waals surface area contributed by atoms with Gasteiger partial charge in [0.2, 0.25) is 0 Å². The van der Waals surface area contributed by atoms with Gasteiger partial charge in [0.05, 0.1) is 12.3 Å². The summed E-state index contributed by atoms with van der Waals surface area (Å²) in [5.41, 5.74) is 2.21. The quantitative estimate of drug-likeness (QED) is 0.705. The Kier molecular flexibility index (Phi) is 2.62. The normalized spacial score (nSPS) is 18.8. The molecule has 15 heavy (non-hydrogen) atoms. The van der Waals surface area contributed by atoms with E-state index in [-0.39, 0.29) is 12.1 Å². The molecule has 0 aliphatic carbocycles. The number of nitrogens with zero attached hydrogens (tertiary/aromatic N) is 1. The fourth-order valence-electron chi connectivity index (χ4n) is 2.04. The lowest BCUT2D eigenvalue weighted by Gasteiger charge is -2.21. The molecule has 1 aromatic carbocycles. The number of carbonyl (C=O) groups excluding carboxylic acids is 1. The molecule has 1 atom stereocenters. The number of carbonyl (C=O) groups is 1. The number of benzene rings is 1. The summed E-state index contributed by atoms with van der Waals surface area (Å²) in [6.07, 6.45) is 0.671. The topological polar surface area (TPSA) is 29.5 Å². The average Bonchev–Trinajstić information content (AvgIpc) is 2.54. The van der Waals surface area contributed by atoms with Crippen LogP contribution in [0.5, 0.6) is 0 Å². The first-order valence-electron chi connectivity index (χ1n) is 5.28. The second-order valence-electron chi connectivity index (χ2n) is 3.75. The van der Waals surface area contributed by atoms with Crippen molar-refractivity contribution < 1.29 is 9.53 Å². The van der Waals surface area contributed by atoms with Crippen LogP contribution in [0.1, 0.15) is 19.4 Å². The van der Waals surface area contributed by atoms with Crippen molar-refractivity contribution in [2.24, 2.45) is 0 Å². The molecule has 0 radical (unpaired) electrons. The van der Waals surface area contributed by atoms with Crippen LogP contribution in [-0.2, 0) is 11.2 Å². The Labute approximate surface area is 89.7 Å². The van der Waals surface area contributed by atoms with E-state index in [0.29, 0.717) is 6.61 Å². The van der Waals surface area contributed by atoms with Gasteiger partial charge in [0.1, 0.15) is 0 Å². The minimum absolute atomic E-state index is 0.196. The van der Waals surface area contributed by atoms with Gasteiger partial charge in [-0.15, -0.1) is 0 Å². The molecule has 1 aliphatic rings. The van der Waals surface area contributed by atoms with Gasteiger partial charge in [0.25, 0.3) is 0 Å². The standard InChI is InChI=1S/C12H15NO2/c1-3-15-12(14)13-9(2)8-10-6-4-5-7-11(10)13/h4-7,9H,3,8H2,1-2H3/t9-/m0/s1. The van der Waals surface area contributed by atoms with E-state index in [2.05, 4.69) is 6.07 Å². The zero-order valence-corrected chi connectivity index (χ0v) is 9.06. The minimum atomic E-state index is -0.241.